The summed E-state index contributed by atoms with van der Waals surface area (Å²) in [6, 6.07) is 16.7. The molecule has 1 N–H and O–H groups in total. The van der Waals surface area contributed by atoms with Crippen molar-refractivity contribution in [2.24, 2.45) is 0 Å². The number of halogens is 1. The van der Waals surface area contributed by atoms with Gasteiger partial charge in [-0.3, -0.25) is 9.59 Å². The van der Waals surface area contributed by atoms with Gasteiger partial charge in [0.25, 0.3) is 0 Å². The van der Waals surface area contributed by atoms with Gasteiger partial charge in [0.2, 0.25) is 11.8 Å². The molecule has 0 spiro atoms. The summed E-state index contributed by atoms with van der Waals surface area (Å²) >= 11 is 5.97. The Morgan fingerprint density at radius 1 is 1.00 bits per heavy atom. The number of nitrogens with zero attached hydrogens (tertiary/aromatic N) is 1. The fourth-order valence-electron chi connectivity index (χ4n) is 2.88. The molecule has 5 heteroatoms. The van der Waals surface area contributed by atoms with Crippen LogP contribution in [0.4, 0.5) is 0 Å². The second-order valence-electron chi connectivity index (χ2n) is 8.05. The number of aryl methyl sites for hydroxylation is 1. The van der Waals surface area contributed by atoms with Crippen molar-refractivity contribution in [2.45, 2.75) is 58.7 Å². The Morgan fingerprint density at radius 3 is 2.18 bits per heavy atom. The van der Waals surface area contributed by atoms with Crippen LogP contribution in [-0.4, -0.2) is 28.3 Å². The monoisotopic (exact) mass is 400 g/mol. The first kappa shape index (κ1) is 22.0. The van der Waals surface area contributed by atoms with Crippen molar-refractivity contribution in [1.82, 2.24) is 10.2 Å². The van der Waals surface area contributed by atoms with Gasteiger partial charge in [0.1, 0.15) is 6.04 Å². The number of carbonyl (C=O) groups is 2. The van der Waals surface area contributed by atoms with Crippen molar-refractivity contribution in [3.05, 3.63) is 70.7 Å². The summed E-state index contributed by atoms with van der Waals surface area (Å²) in [6.07, 6.45) is 0.995. The lowest BCUT2D eigenvalue weighted by atomic mass is 10.1. The maximum atomic E-state index is 13.0. The van der Waals surface area contributed by atoms with Gasteiger partial charge in [-0.05, 0) is 57.4 Å². The SMILES string of the molecule is C[C@H](C(=O)NC(C)(C)C)N(Cc1ccc(Cl)cc1)C(=O)CCc1ccccc1. The molecule has 0 heterocycles. The van der Waals surface area contributed by atoms with E-state index < -0.39 is 6.04 Å². The molecule has 0 bridgehead atoms. The number of rotatable bonds is 7. The Bertz CT molecular complexity index is 782. The first-order valence-electron chi connectivity index (χ1n) is 9.55. The maximum absolute atomic E-state index is 13.0. The molecule has 2 aromatic carbocycles. The van der Waals surface area contributed by atoms with Gasteiger partial charge in [-0.15, -0.1) is 0 Å². The summed E-state index contributed by atoms with van der Waals surface area (Å²) in [5.41, 5.74) is 1.69. The quantitative estimate of drug-likeness (QED) is 0.738. The van der Waals surface area contributed by atoms with E-state index in [1.807, 2.05) is 63.2 Å². The topological polar surface area (TPSA) is 49.4 Å². The van der Waals surface area contributed by atoms with Crippen LogP contribution in [0.2, 0.25) is 5.02 Å². The van der Waals surface area contributed by atoms with Gasteiger partial charge in [-0.25, -0.2) is 0 Å². The lowest BCUT2D eigenvalue weighted by Crippen LogP contribution is -2.52. The molecule has 2 amide bonds. The van der Waals surface area contributed by atoms with Gasteiger partial charge in [0, 0.05) is 23.5 Å². The molecule has 0 fully saturated rings. The van der Waals surface area contributed by atoms with Crippen LogP contribution >= 0.6 is 11.6 Å². The van der Waals surface area contributed by atoms with Gasteiger partial charge >= 0.3 is 0 Å². The van der Waals surface area contributed by atoms with E-state index in [4.69, 9.17) is 11.6 Å². The zero-order chi connectivity index (χ0) is 20.7. The maximum Gasteiger partial charge on any atom is 0.242 e. The molecule has 150 valence electrons. The average Bonchev–Trinajstić information content (AvgIpc) is 2.64. The zero-order valence-electron chi connectivity index (χ0n) is 17.0. The summed E-state index contributed by atoms with van der Waals surface area (Å²) in [7, 11) is 0. The number of carbonyl (C=O) groups excluding carboxylic acids is 2. The van der Waals surface area contributed by atoms with Crippen molar-refractivity contribution >= 4 is 23.4 Å². The third-order valence-electron chi connectivity index (χ3n) is 4.40. The Kier molecular flexibility index (Phi) is 7.64. The fraction of sp³-hybridized carbons (Fsp3) is 0.391. The smallest absolute Gasteiger partial charge is 0.242 e. The molecule has 28 heavy (non-hydrogen) atoms. The second-order valence-corrected chi connectivity index (χ2v) is 8.49. The largest absolute Gasteiger partial charge is 0.350 e. The molecular weight excluding hydrogens is 372 g/mol. The summed E-state index contributed by atoms with van der Waals surface area (Å²) in [6.45, 7) is 7.93. The van der Waals surface area contributed by atoms with Crippen LogP contribution in [0.15, 0.2) is 54.6 Å². The summed E-state index contributed by atoms with van der Waals surface area (Å²) in [5.74, 6) is -0.204. The van der Waals surface area contributed by atoms with E-state index in [1.54, 1.807) is 24.0 Å². The Hall–Kier alpha value is -2.33. The Morgan fingerprint density at radius 2 is 1.61 bits per heavy atom. The van der Waals surface area contributed by atoms with E-state index in [0.29, 0.717) is 24.4 Å². The third kappa shape index (κ3) is 7.01. The highest BCUT2D eigenvalue weighted by atomic mass is 35.5. The van der Waals surface area contributed by atoms with Crippen molar-refractivity contribution in [2.75, 3.05) is 0 Å². The van der Waals surface area contributed by atoms with Gasteiger partial charge in [0.05, 0.1) is 0 Å². The van der Waals surface area contributed by atoms with Crippen LogP contribution in [0.25, 0.3) is 0 Å². The highest BCUT2D eigenvalue weighted by Crippen LogP contribution is 2.16. The predicted octanol–water partition coefficient (Wildman–Crippen LogP) is 4.60. The number of hydrogen-bond donors (Lipinski definition) is 1. The number of amides is 2. The van der Waals surface area contributed by atoms with E-state index in [-0.39, 0.29) is 17.4 Å². The third-order valence-corrected chi connectivity index (χ3v) is 4.65. The van der Waals surface area contributed by atoms with Crippen molar-refractivity contribution < 1.29 is 9.59 Å². The average molecular weight is 401 g/mol. The highest BCUT2D eigenvalue weighted by Gasteiger charge is 2.28. The van der Waals surface area contributed by atoms with E-state index in [9.17, 15) is 9.59 Å². The van der Waals surface area contributed by atoms with Crippen LogP contribution in [0.1, 0.15) is 45.2 Å². The standard InChI is InChI=1S/C23H29ClN2O2/c1-17(22(28)25-23(2,3)4)26(16-19-10-13-20(24)14-11-19)21(27)15-12-18-8-6-5-7-9-18/h5-11,13-14,17H,12,15-16H2,1-4H3,(H,25,28)/t17-/m1/s1. The summed E-state index contributed by atoms with van der Waals surface area (Å²) < 4.78 is 0. The first-order chi connectivity index (χ1) is 13.2. The minimum Gasteiger partial charge on any atom is -0.350 e. The zero-order valence-corrected chi connectivity index (χ0v) is 17.8. The normalized spacial score (nSPS) is 12.3. The molecule has 0 aromatic heterocycles. The van der Waals surface area contributed by atoms with Crippen LogP contribution in [0.5, 0.6) is 0 Å². The number of benzene rings is 2. The molecule has 0 saturated carbocycles. The summed E-state index contributed by atoms with van der Waals surface area (Å²) in [5, 5.41) is 3.61. The molecule has 4 nitrogen and oxygen atoms in total. The molecule has 0 unspecified atom stereocenters. The van der Waals surface area contributed by atoms with Crippen molar-refractivity contribution in [3.8, 4) is 0 Å². The fourth-order valence-corrected chi connectivity index (χ4v) is 3.01. The van der Waals surface area contributed by atoms with Gasteiger partial charge in [0.15, 0.2) is 0 Å². The van der Waals surface area contributed by atoms with E-state index >= 15 is 0 Å². The van der Waals surface area contributed by atoms with E-state index in [2.05, 4.69) is 5.32 Å². The summed E-state index contributed by atoms with van der Waals surface area (Å²) in [4.78, 5) is 27.4. The van der Waals surface area contributed by atoms with Crippen LogP contribution in [-0.2, 0) is 22.6 Å². The lowest BCUT2D eigenvalue weighted by molar-refractivity contribution is -0.141. The molecule has 0 radical (unpaired) electrons. The van der Waals surface area contributed by atoms with Crippen LogP contribution in [0.3, 0.4) is 0 Å². The van der Waals surface area contributed by atoms with Gasteiger partial charge in [-0.2, -0.15) is 0 Å². The molecule has 0 saturated heterocycles. The van der Waals surface area contributed by atoms with Crippen molar-refractivity contribution in [3.63, 3.8) is 0 Å². The second kappa shape index (κ2) is 9.74. The van der Waals surface area contributed by atoms with Gasteiger partial charge in [-0.1, -0.05) is 54.1 Å². The van der Waals surface area contributed by atoms with Gasteiger partial charge < -0.3 is 10.2 Å². The number of hydrogen-bond acceptors (Lipinski definition) is 2. The minimum atomic E-state index is -0.571. The van der Waals surface area contributed by atoms with Crippen LogP contribution < -0.4 is 5.32 Å². The van der Waals surface area contributed by atoms with E-state index in [1.165, 1.54) is 0 Å². The molecule has 1 atom stereocenters. The highest BCUT2D eigenvalue weighted by molar-refractivity contribution is 6.30. The molecule has 2 rings (SSSR count). The Balaban J connectivity index is 2.15. The Labute approximate surface area is 172 Å². The first-order valence-corrected chi connectivity index (χ1v) is 9.93. The van der Waals surface area contributed by atoms with E-state index in [0.717, 1.165) is 11.1 Å². The molecule has 0 aliphatic heterocycles. The lowest BCUT2D eigenvalue weighted by Gasteiger charge is -2.31. The molecular formula is C23H29ClN2O2. The number of nitrogens with one attached hydrogen (secondary N) is 1. The molecule has 0 aliphatic rings. The predicted molar refractivity (Wildman–Crippen MR) is 114 cm³/mol. The molecule has 0 aliphatic carbocycles. The van der Waals surface area contributed by atoms with Crippen LogP contribution in [0, 0.1) is 0 Å². The van der Waals surface area contributed by atoms with Crippen molar-refractivity contribution in [1.29, 1.82) is 0 Å². The minimum absolute atomic E-state index is 0.0460. The molecule has 2 aromatic rings.